The first-order valence-electron chi connectivity index (χ1n) is 9.42. The highest BCUT2D eigenvalue weighted by molar-refractivity contribution is 5.77. The van der Waals surface area contributed by atoms with Crippen molar-refractivity contribution in [2.45, 2.75) is 52.5 Å². The molecule has 7 heteroatoms. The first-order chi connectivity index (χ1) is 12.8. The number of amides is 1. The maximum Gasteiger partial charge on any atom is 0.227 e. The number of aryl methyl sites for hydroxylation is 1. The summed E-state index contributed by atoms with van der Waals surface area (Å²) in [4.78, 5) is 16.6. The second-order valence-corrected chi connectivity index (χ2v) is 7.38. The molecule has 0 radical (unpaired) electrons. The third kappa shape index (κ3) is 6.36. The zero-order valence-electron chi connectivity index (χ0n) is 16.6. The number of aromatic nitrogens is 2. The molecule has 0 bridgehead atoms. The number of hydrogen-bond acceptors (Lipinski definition) is 6. The molecule has 1 aromatic heterocycles. The van der Waals surface area contributed by atoms with Crippen LogP contribution in [0, 0.1) is 5.92 Å². The van der Waals surface area contributed by atoms with Gasteiger partial charge < -0.3 is 20.3 Å². The van der Waals surface area contributed by atoms with Gasteiger partial charge in [-0.05, 0) is 50.5 Å². The Morgan fingerprint density at radius 3 is 2.63 bits per heavy atom. The molecule has 2 aromatic rings. The second kappa shape index (κ2) is 9.50. The van der Waals surface area contributed by atoms with Crippen molar-refractivity contribution in [2.75, 3.05) is 13.2 Å². The van der Waals surface area contributed by atoms with Crippen molar-refractivity contribution >= 4 is 5.91 Å². The standard InChI is InChI=1S/C20H30N4O3/c1-5-26-16-8-6-15(7-9-16)19-22-18(27-24-19)11-10-17(25)23-20(4,13-21)12-14(2)3/h6-9,14H,5,10-13,21H2,1-4H3,(H,23,25). The predicted molar refractivity (Wildman–Crippen MR) is 104 cm³/mol. The summed E-state index contributed by atoms with van der Waals surface area (Å²) in [5.41, 5.74) is 6.29. The topological polar surface area (TPSA) is 103 Å². The van der Waals surface area contributed by atoms with E-state index in [0.717, 1.165) is 17.7 Å². The maximum atomic E-state index is 12.3. The van der Waals surface area contributed by atoms with Crippen LogP contribution in [-0.4, -0.2) is 34.7 Å². The van der Waals surface area contributed by atoms with E-state index < -0.39 is 5.54 Å². The molecule has 0 saturated heterocycles. The van der Waals surface area contributed by atoms with Crippen LogP contribution in [0.4, 0.5) is 0 Å². The number of rotatable bonds is 10. The van der Waals surface area contributed by atoms with Crippen LogP contribution in [0.3, 0.4) is 0 Å². The van der Waals surface area contributed by atoms with Gasteiger partial charge in [-0.3, -0.25) is 4.79 Å². The molecule has 0 aliphatic carbocycles. The van der Waals surface area contributed by atoms with Crippen LogP contribution in [0.25, 0.3) is 11.4 Å². The molecule has 0 fully saturated rings. The number of nitrogens with one attached hydrogen (secondary N) is 1. The lowest BCUT2D eigenvalue weighted by molar-refractivity contribution is -0.123. The Balaban J connectivity index is 1.91. The molecular weight excluding hydrogens is 344 g/mol. The fourth-order valence-electron chi connectivity index (χ4n) is 3.05. The normalized spacial score (nSPS) is 13.4. The fraction of sp³-hybridized carbons (Fsp3) is 0.550. The van der Waals surface area contributed by atoms with Crippen molar-refractivity contribution in [3.63, 3.8) is 0 Å². The number of benzene rings is 1. The summed E-state index contributed by atoms with van der Waals surface area (Å²) >= 11 is 0. The van der Waals surface area contributed by atoms with E-state index in [1.807, 2.05) is 38.1 Å². The molecule has 0 saturated carbocycles. The van der Waals surface area contributed by atoms with E-state index in [1.54, 1.807) is 0 Å². The van der Waals surface area contributed by atoms with Crippen LogP contribution >= 0.6 is 0 Å². The van der Waals surface area contributed by atoms with Gasteiger partial charge in [-0.1, -0.05) is 19.0 Å². The Morgan fingerprint density at radius 1 is 1.33 bits per heavy atom. The molecule has 27 heavy (non-hydrogen) atoms. The van der Waals surface area contributed by atoms with Gasteiger partial charge in [0.25, 0.3) is 0 Å². The molecule has 1 aromatic carbocycles. The van der Waals surface area contributed by atoms with Crippen molar-refractivity contribution in [3.8, 4) is 17.1 Å². The average molecular weight is 374 g/mol. The van der Waals surface area contributed by atoms with Crippen molar-refractivity contribution in [3.05, 3.63) is 30.2 Å². The zero-order chi connectivity index (χ0) is 19.9. The Hall–Kier alpha value is -2.41. The quantitative estimate of drug-likeness (QED) is 0.663. The largest absolute Gasteiger partial charge is 0.494 e. The Kier molecular flexibility index (Phi) is 7.36. The minimum absolute atomic E-state index is 0.0654. The van der Waals surface area contributed by atoms with Crippen LogP contribution in [-0.2, 0) is 11.2 Å². The highest BCUT2D eigenvalue weighted by Crippen LogP contribution is 2.20. The van der Waals surface area contributed by atoms with Crippen LogP contribution in [0.15, 0.2) is 28.8 Å². The van der Waals surface area contributed by atoms with Crippen LogP contribution < -0.4 is 15.8 Å². The Bertz CT molecular complexity index is 727. The molecule has 2 rings (SSSR count). The molecule has 1 amide bonds. The lowest BCUT2D eigenvalue weighted by Gasteiger charge is -2.31. The van der Waals surface area contributed by atoms with E-state index in [2.05, 4.69) is 29.3 Å². The second-order valence-electron chi connectivity index (χ2n) is 7.38. The molecular formula is C20H30N4O3. The van der Waals surface area contributed by atoms with Gasteiger partial charge in [-0.25, -0.2) is 0 Å². The summed E-state index contributed by atoms with van der Waals surface area (Å²) in [6.07, 6.45) is 1.49. The number of nitrogens with two attached hydrogens (primary N) is 1. The van der Waals surface area contributed by atoms with Crippen LogP contribution in [0.2, 0.25) is 0 Å². The molecule has 3 N–H and O–H groups in total. The van der Waals surface area contributed by atoms with Crippen LogP contribution in [0.5, 0.6) is 5.75 Å². The van der Waals surface area contributed by atoms with Crippen molar-refractivity contribution < 1.29 is 14.1 Å². The fourth-order valence-corrected chi connectivity index (χ4v) is 3.05. The molecule has 0 spiro atoms. The Morgan fingerprint density at radius 2 is 2.04 bits per heavy atom. The number of carbonyl (C=O) groups is 1. The van der Waals surface area contributed by atoms with Gasteiger partial charge in [0.2, 0.25) is 17.6 Å². The van der Waals surface area contributed by atoms with E-state index in [1.165, 1.54) is 0 Å². The van der Waals surface area contributed by atoms with Crippen molar-refractivity contribution in [2.24, 2.45) is 11.7 Å². The van der Waals surface area contributed by atoms with E-state index in [9.17, 15) is 4.79 Å². The van der Waals surface area contributed by atoms with Gasteiger partial charge in [0.1, 0.15) is 5.75 Å². The monoisotopic (exact) mass is 374 g/mol. The maximum absolute atomic E-state index is 12.3. The Labute approximate surface area is 160 Å². The van der Waals surface area contributed by atoms with Crippen molar-refractivity contribution in [1.82, 2.24) is 15.5 Å². The summed E-state index contributed by atoms with van der Waals surface area (Å²) < 4.78 is 10.7. The predicted octanol–water partition coefficient (Wildman–Crippen LogP) is 2.95. The smallest absolute Gasteiger partial charge is 0.227 e. The summed E-state index contributed by atoms with van der Waals surface area (Å²) in [7, 11) is 0. The molecule has 0 aliphatic rings. The molecule has 0 aliphatic heterocycles. The lowest BCUT2D eigenvalue weighted by Crippen LogP contribution is -2.52. The van der Waals surface area contributed by atoms with Gasteiger partial charge in [0.15, 0.2) is 0 Å². The summed E-state index contributed by atoms with van der Waals surface area (Å²) in [5, 5.41) is 7.03. The van der Waals surface area contributed by atoms with E-state index in [-0.39, 0.29) is 12.3 Å². The van der Waals surface area contributed by atoms with Gasteiger partial charge in [-0.15, -0.1) is 0 Å². The summed E-state index contributed by atoms with van der Waals surface area (Å²) in [6.45, 7) is 9.16. The molecule has 1 unspecified atom stereocenters. The van der Waals surface area contributed by atoms with Gasteiger partial charge in [0, 0.05) is 30.5 Å². The number of ether oxygens (including phenoxy) is 1. The molecule has 7 nitrogen and oxygen atoms in total. The third-order valence-corrected chi connectivity index (χ3v) is 4.21. The van der Waals surface area contributed by atoms with Crippen LogP contribution in [0.1, 0.15) is 46.4 Å². The van der Waals surface area contributed by atoms with E-state index >= 15 is 0 Å². The first kappa shape index (κ1) is 20.9. The number of nitrogens with zero attached hydrogens (tertiary/aromatic N) is 2. The third-order valence-electron chi connectivity index (χ3n) is 4.21. The van der Waals surface area contributed by atoms with Gasteiger partial charge >= 0.3 is 0 Å². The average Bonchev–Trinajstić information content (AvgIpc) is 3.09. The zero-order valence-corrected chi connectivity index (χ0v) is 16.6. The van der Waals surface area contributed by atoms with Gasteiger partial charge in [0.05, 0.1) is 6.61 Å². The summed E-state index contributed by atoms with van der Waals surface area (Å²) in [6, 6.07) is 7.49. The SMILES string of the molecule is CCOc1ccc(-c2noc(CCC(=O)NC(C)(CN)CC(C)C)n2)cc1. The highest BCUT2D eigenvalue weighted by Gasteiger charge is 2.25. The highest BCUT2D eigenvalue weighted by atomic mass is 16.5. The van der Waals surface area contributed by atoms with Crippen molar-refractivity contribution in [1.29, 1.82) is 0 Å². The molecule has 1 heterocycles. The van der Waals surface area contributed by atoms with Gasteiger partial charge in [-0.2, -0.15) is 4.98 Å². The lowest BCUT2D eigenvalue weighted by atomic mass is 9.90. The molecule has 148 valence electrons. The summed E-state index contributed by atoms with van der Waals surface area (Å²) in [5.74, 6) is 2.12. The minimum Gasteiger partial charge on any atom is -0.494 e. The van der Waals surface area contributed by atoms with E-state index in [4.69, 9.17) is 15.0 Å². The molecule has 1 atom stereocenters. The number of hydrogen-bond donors (Lipinski definition) is 2. The number of carbonyl (C=O) groups excluding carboxylic acids is 1. The minimum atomic E-state index is -0.395. The first-order valence-corrected chi connectivity index (χ1v) is 9.42. The van der Waals surface area contributed by atoms with E-state index in [0.29, 0.717) is 37.2 Å².